The van der Waals surface area contributed by atoms with Crippen molar-refractivity contribution in [2.45, 2.75) is 40.2 Å². The lowest BCUT2D eigenvalue weighted by atomic mass is 10.2. The van der Waals surface area contributed by atoms with E-state index in [0.717, 1.165) is 12.1 Å². The predicted molar refractivity (Wildman–Crippen MR) is 85.8 cm³/mol. The first-order valence-corrected chi connectivity index (χ1v) is 7.27. The van der Waals surface area contributed by atoms with Gasteiger partial charge in [-0.3, -0.25) is 14.5 Å². The second-order valence-electron chi connectivity index (χ2n) is 5.18. The van der Waals surface area contributed by atoms with E-state index in [-0.39, 0.29) is 17.3 Å². The molecule has 2 heterocycles. The molecule has 2 aromatic heterocycles. The zero-order chi connectivity index (χ0) is 17.0. The maximum absolute atomic E-state index is 12.5. The van der Waals surface area contributed by atoms with Gasteiger partial charge in [0.15, 0.2) is 11.7 Å². The second kappa shape index (κ2) is 6.87. The molecular formula is C15H18N6O2. The topological polar surface area (TPSA) is 100.0 Å². The van der Waals surface area contributed by atoms with Crippen molar-refractivity contribution in [1.82, 2.24) is 14.8 Å². The van der Waals surface area contributed by atoms with E-state index in [1.165, 1.54) is 4.57 Å². The molecule has 0 saturated heterocycles. The van der Waals surface area contributed by atoms with E-state index in [2.05, 4.69) is 25.3 Å². The molecule has 0 aliphatic heterocycles. The average molecular weight is 314 g/mol. The molecule has 23 heavy (non-hydrogen) atoms. The van der Waals surface area contributed by atoms with Gasteiger partial charge in [-0.25, -0.2) is 4.85 Å². The molecule has 0 radical (unpaired) electrons. The molecule has 2 rings (SSSR count). The van der Waals surface area contributed by atoms with Crippen molar-refractivity contribution in [1.29, 1.82) is 0 Å². The third-order valence-corrected chi connectivity index (χ3v) is 3.42. The van der Waals surface area contributed by atoms with Gasteiger partial charge in [0.25, 0.3) is 5.56 Å². The summed E-state index contributed by atoms with van der Waals surface area (Å²) in [5, 5.41) is 24.7. The number of aromatic amines is 1. The van der Waals surface area contributed by atoms with Gasteiger partial charge in [0.2, 0.25) is 5.69 Å². The highest BCUT2D eigenvalue weighted by Gasteiger charge is 2.19. The number of aryl methyl sites for hydroxylation is 1. The summed E-state index contributed by atoms with van der Waals surface area (Å²) in [6, 6.07) is 1.69. The minimum Gasteiger partial charge on any atom is -0.503 e. The van der Waals surface area contributed by atoms with Gasteiger partial charge >= 0.3 is 0 Å². The first-order valence-electron chi connectivity index (χ1n) is 7.27. The van der Waals surface area contributed by atoms with E-state index in [9.17, 15) is 9.90 Å². The number of rotatable bonds is 5. The largest absolute Gasteiger partial charge is 0.503 e. The molecule has 0 saturated carbocycles. The van der Waals surface area contributed by atoms with E-state index in [1.807, 2.05) is 13.8 Å². The Bertz CT molecular complexity index is 841. The van der Waals surface area contributed by atoms with Crippen molar-refractivity contribution in [3.63, 3.8) is 0 Å². The SMILES string of the molecule is [C-]#[N+]c1c(C)c(N=Nc2cc(C)[nH]n2)c(=O)n(CCCC)c1O. The number of nitrogens with zero attached hydrogens (tertiary/aromatic N) is 5. The third kappa shape index (κ3) is 3.29. The van der Waals surface area contributed by atoms with E-state index in [4.69, 9.17) is 6.57 Å². The molecule has 0 amide bonds. The summed E-state index contributed by atoms with van der Waals surface area (Å²) in [4.78, 5) is 15.8. The Morgan fingerprint density at radius 1 is 1.43 bits per heavy atom. The smallest absolute Gasteiger partial charge is 0.279 e. The Labute approximate surface area is 133 Å². The van der Waals surface area contributed by atoms with Crippen LogP contribution < -0.4 is 5.56 Å². The number of unbranched alkanes of at least 4 members (excludes halogenated alkanes) is 1. The number of azo groups is 1. The Hall–Kier alpha value is -2.95. The van der Waals surface area contributed by atoms with Gasteiger partial charge in [-0.15, -0.1) is 10.2 Å². The lowest BCUT2D eigenvalue weighted by molar-refractivity contribution is 0.405. The number of hydrogen-bond donors (Lipinski definition) is 2. The first kappa shape index (κ1) is 16.4. The number of nitrogens with one attached hydrogen (secondary N) is 1. The van der Waals surface area contributed by atoms with Crippen LogP contribution in [0.1, 0.15) is 31.0 Å². The minimum absolute atomic E-state index is 0.0212. The molecule has 8 nitrogen and oxygen atoms in total. The maximum Gasteiger partial charge on any atom is 0.279 e. The molecule has 8 heteroatoms. The zero-order valence-electron chi connectivity index (χ0n) is 13.3. The number of hydrogen-bond acceptors (Lipinski definition) is 5. The highest BCUT2D eigenvalue weighted by Crippen LogP contribution is 2.34. The van der Waals surface area contributed by atoms with E-state index in [1.54, 1.807) is 13.0 Å². The standard InChI is InChI=1S/C15H18N6O2/c1-5-6-7-21-14(22)12(16-4)10(3)13(15(21)23)20-19-11-8-9(2)17-18-11/h8,22H,5-7H2,1-3H3,(H,17,18). The Balaban J connectivity index is 2.56. The van der Waals surface area contributed by atoms with Gasteiger partial charge in [0.1, 0.15) is 5.69 Å². The fraction of sp³-hybridized carbons (Fsp3) is 0.400. The lowest BCUT2D eigenvalue weighted by Gasteiger charge is -2.12. The fourth-order valence-corrected chi connectivity index (χ4v) is 2.12. The molecule has 0 atom stereocenters. The van der Waals surface area contributed by atoms with Crippen LogP contribution in [0.3, 0.4) is 0 Å². The zero-order valence-corrected chi connectivity index (χ0v) is 13.3. The van der Waals surface area contributed by atoms with Gasteiger partial charge in [0.05, 0.1) is 6.57 Å². The molecule has 0 unspecified atom stereocenters. The Morgan fingerprint density at radius 2 is 2.17 bits per heavy atom. The number of H-pyrrole nitrogens is 1. The normalized spacial score (nSPS) is 11.0. The maximum atomic E-state index is 12.5. The van der Waals surface area contributed by atoms with E-state index in [0.29, 0.717) is 24.3 Å². The van der Waals surface area contributed by atoms with Gasteiger partial charge in [0, 0.05) is 18.3 Å². The van der Waals surface area contributed by atoms with Crippen molar-refractivity contribution in [3.8, 4) is 5.88 Å². The van der Waals surface area contributed by atoms with Crippen molar-refractivity contribution in [2.24, 2.45) is 10.2 Å². The van der Waals surface area contributed by atoms with Crippen LogP contribution in [0.25, 0.3) is 4.85 Å². The summed E-state index contributed by atoms with van der Waals surface area (Å²) in [6.45, 7) is 12.9. The summed E-state index contributed by atoms with van der Waals surface area (Å²) in [5.41, 5.74) is 0.741. The number of aromatic nitrogens is 3. The van der Waals surface area contributed by atoms with E-state index >= 15 is 0 Å². The molecule has 0 spiro atoms. The molecular weight excluding hydrogens is 296 g/mol. The van der Waals surface area contributed by atoms with Crippen LogP contribution in [0.15, 0.2) is 21.1 Å². The lowest BCUT2D eigenvalue weighted by Crippen LogP contribution is -2.20. The van der Waals surface area contributed by atoms with Gasteiger partial charge in [-0.2, -0.15) is 5.10 Å². The van der Waals surface area contributed by atoms with Crippen LogP contribution in [0.2, 0.25) is 0 Å². The molecule has 0 aliphatic rings. The predicted octanol–water partition coefficient (Wildman–Crippen LogP) is 3.66. The molecule has 2 N–H and O–H groups in total. The summed E-state index contributed by atoms with van der Waals surface area (Å²) in [7, 11) is 0. The van der Waals surface area contributed by atoms with Gasteiger partial charge in [-0.05, 0) is 25.8 Å². The summed E-state index contributed by atoms with van der Waals surface area (Å²) >= 11 is 0. The highest BCUT2D eigenvalue weighted by molar-refractivity contribution is 5.67. The van der Waals surface area contributed by atoms with Crippen LogP contribution in [-0.2, 0) is 6.54 Å². The first-order chi connectivity index (χ1) is 11.0. The molecule has 0 aromatic carbocycles. The summed E-state index contributed by atoms with van der Waals surface area (Å²) in [6.07, 6.45) is 1.57. The Kier molecular flexibility index (Phi) is 4.91. The van der Waals surface area contributed by atoms with Crippen molar-refractivity contribution in [3.05, 3.63) is 39.1 Å². The van der Waals surface area contributed by atoms with Crippen LogP contribution in [-0.4, -0.2) is 19.9 Å². The third-order valence-electron chi connectivity index (χ3n) is 3.42. The molecule has 0 bridgehead atoms. The quantitative estimate of drug-likeness (QED) is 0.650. The van der Waals surface area contributed by atoms with Crippen LogP contribution in [0.4, 0.5) is 17.2 Å². The second-order valence-corrected chi connectivity index (χ2v) is 5.18. The fourth-order valence-electron chi connectivity index (χ4n) is 2.12. The van der Waals surface area contributed by atoms with Gasteiger partial charge in [-0.1, -0.05) is 13.3 Å². The average Bonchev–Trinajstić information content (AvgIpc) is 2.93. The summed E-state index contributed by atoms with van der Waals surface area (Å²) in [5.74, 6) is 0.0318. The molecule has 120 valence electrons. The monoisotopic (exact) mass is 314 g/mol. The van der Waals surface area contributed by atoms with Crippen molar-refractivity contribution >= 4 is 17.2 Å². The summed E-state index contributed by atoms with van der Waals surface area (Å²) < 4.78 is 1.17. The molecule has 0 fully saturated rings. The van der Waals surface area contributed by atoms with Crippen LogP contribution >= 0.6 is 0 Å². The van der Waals surface area contributed by atoms with Crippen molar-refractivity contribution < 1.29 is 5.11 Å². The number of aromatic hydroxyl groups is 1. The van der Waals surface area contributed by atoms with Crippen molar-refractivity contribution in [2.75, 3.05) is 0 Å². The van der Waals surface area contributed by atoms with Crippen LogP contribution in [0.5, 0.6) is 5.88 Å². The minimum atomic E-state index is -0.461. The van der Waals surface area contributed by atoms with E-state index < -0.39 is 5.56 Å². The Morgan fingerprint density at radius 3 is 2.74 bits per heavy atom. The number of pyridine rings is 1. The van der Waals surface area contributed by atoms with Gasteiger partial charge < -0.3 is 5.11 Å². The molecule has 2 aromatic rings. The van der Waals surface area contributed by atoms with Crippen LogP contribution in [0, 0.1) is 20.4 Å². The molecule has 0 aliphatic carbocycles. The highest BCUT2D eigenvalue weighted by atomic mass is 16.3.